The molecule has 1 aromatic rings. The SMILES string of the molecule is CCC(NC(=O)c1ccc(C#N)cc1)C(C)C. The fraction of sp³-hybridized carbons (Fsp3) is 0.429. The minimum atomic E-state index is -0.0740. The summed E-state index contributed by atoms with van der Waals surface area (Å²) in [5, 5.41) is 11.7. The molecular weight excluding hydrogens is 212 g/mol. The summed E-state index contributed by atoms with van der Waals surface area (Å²) in [6, 6.07) is 8.90. The molecule has 0 bridgehead atoms. The van der Waals surface area contributed by atoms with E-state index in [-0.39, 0.29) is 11.9 Å². The molecule has 0 fully saturated rings. The molecule has 3 nitrogen and oxygen atoms in total. The molecular formula is C14H18N2O. The third-order valence-corrected chi connectivity index (χ3v) is 2.84. The Bertz CT molecular complexity index is 415. The van der Waals surface area contributed by atoms with Crippen LogP contribution in [-0.2, 0) is 0 Å². The van der Waals surface area contributed by atoms with E-state index < -0.39 is 0 Å². The smallest absolute Gasteiger partial charge is 0.251 e. The largest absolute Gasteiger partial charge is 0.349 e. The van der Waals surface area contributed by atoms with Gasteiger partial charge in [-0.1, -0.05) is 20.8 Å². The lowest BCUT2D eigenvalue weighted by Crippen LogP contribution is -2.37. The zero-order valence-electron chi connectivity index (χ0n) is 10.5. The first-order chi connectivity index (χ1) is 8.08. The fourth-order valence-corrected chi connectivity index (χ4v) is 1.69. The van der Waals surface area contributed by atoms with Gasteiger partial charge in [-0.15, -0.1) is 0 Å². The molecule has 0 saturated carbocycles. The Kier molecular flexibility index (Phi) is 4.71. The fourth-order valence-electron chi connectivity index (χ4n) is 1.69. The van der Waals surface area contributed by atoms with Crippen molar-refractivity contribution in [2.45, 2.75) is 33.2 Å². The van der Waals surface area contributed by atoms with Crippen molar-refractivity contribution in [3.05, 3.63) is 35.4 Å². The van der Waals surface area contributed by atoms with Crippen LogP contribution >= 0.6 is 0 Å². The van der Waals surface area contributed by atoms with Crippen molar-refractivity contribution in [1.29, 1.82) is 5.26 Å². The van der Waals surface area contributed by atoms with E-state index in [1.807, 2.05) is 6.07 Å². The van der Waals surface area contributed by atoms with E-state index in [0.717, 1.165) is 6.42 Å². The monoisotopic (exact) mass is 230 g/mol. The van der Waals surface area contributed by atoms with Crippen molar-refractivity contribution < 1.29 is 4.79 Å². The van der Waals surface area contributed by atoms with Crippen molar-refractivity contribution in [3.8, 4) is 6.07 Å². The van der Waals surface area contributed by atoms with E-state index in [0.29, 0.717) is 17.0 Å². The van der Waals surface area contributed by atoms with Gasteiger partial charge in [0.1, 0.15) is 0 Å². The maximum Gasteiger partial charge on any atom is 0.251 e. The van der Waals surface area contributed by atoms with Crippen molar-refractivity contribution in [2.24, 2.45) is 5.92 Å². The Morgan fingerprint density at radius 3 is 2.35 bits per heavy atom. The van der Waals surface area contributed by atoms with E-state index in [2.05, 4.69) is 26.1 Å². The van der Waals surface area contributed by atoms with Crippen molar-refractivity contribution in [3.63, 3.8) is 0 Å². The Labute approximate surface area is 102 Å². The number of nitrogens with one attached hydrogen (secondary N) is 1. The average molecular weight is 230 g/mol. The summed E-state index contributed by atoms with van der Waals surface area (Å²) in [7, 11) is 0. The van der Waals surface area contributed by atoms with Crippen LogP contribution in [0, 0.1) is 17.2 Å². The first kappa shape index (κ1) is 13.2. The van der Waals surface area contributed by atoms with Crippen LogP contribution < -0.4 is 5.32 Å². The molecule has 0 aliphatic rings. The normalized spacial score (nSPS) is 11.9. The molecule has 0 heterocycles. The van der Waals surface area contributed by atoms with Crippen molar-refractivity contribution in [2.75, 3.05) is 0 Å². The van der Waals surface area contributed by atoms with Crippen LogP contribution in [0.25, 0.3) is 0 Å². The van der Waals surface area contributed by atoms with Gasteiger partial charge in [0.05, 0.1) is 11.6 Å². The molecule has 1 N–H and O–H groups in total. The second-order valence-electron chi connectivity index (χ2n) is 4.42. The van der Waals surface area contributed by atoms with E-state index in [9.17, 15) is 4.79 Å². The zero-order valence-corrected chi connectivity index (χ0v) is 10.5. The molecule has 1 amide bonds. The van der Waals surface area contributed by atoms with Gasteiger partial charge >= 0.3 is 0 Å². The number of hydrogen-bond donors (Lipinski definition) is 1. The highest BCUT2D eigenvalue weighted by molar-refractivity contribution is 5.94. The quantitative estimate of drug-likeness (QED) is 0.864. The highest BCUT2D eigenvalue weighted by Gasteiger charge is 2.14. The molecule has 17 heavy (non-hydrogen) atoms. The predicted molar refractivity (Wildman–Crippen MR) is 67.5 cm³/mol. The van der Waals surface area contributed by atoms with E-state index in [1.54, 1.807) is 24.3 Å². The highest BCUT2D eigenvalue weighted by Crippen LogP contribution is 2.08. The third kappa shape index (κ3) is 3.60. The lowest BCUT2D eigenvalue weighted by atomic mass is 10.0. The third-order valence-electron chi connectivity index (χ3n) is 2.84. The number of nitriles is 1. The van der Waals surface area contributed by atoms with Gasteiger partial charge in [-0.25, -0.2) is 0 Å². The summed E-state index contributed by atoms with van der Waals surface area (Å²) in [6.45, 7) is 6.24. The van der Waals surface area contributed by atoms with Crippen molar-refractivity contribution in [1.82, 2.24) is 5.32 Å². The molecule has 1 atom stereocenters. The lowest BCUT2D eigenvalue weighted by Gasteiger charge is -2.20. The zero-order chi connectivity index (χ0) is 12.8. The summed E-state index contributed by atoms with van der Waals surface area (Å²) < 4.78 is 0. The molecule has 0 saturated heterocycles. The highest BCUT2D eigenvalue weighted by atomic mass is 16.1. The molecule has 0 aromatic heterocycles. The molecule has 3 heteroatoms. The number of amides is 1. The lowest BCUT2D eigenvalue weighted by molar-refractivity contribution is 0.0924. The summed E-state index contributed by atoms with van der Waals surface area (Å²) in [6.07, 6.45) is 0.916. The maximum atomic E-state index is 11.9. The Morgan fingerprint density at radius 2 is 1.94 bits per heavy atom. The summed E-state index contributed by atoms with van der Waals surface area (Å²) in [5.41, 5.74) is 1.17. The number of carbonyl (C=O) groups is 1. The standard InChI is InChI=1S/C14H18N2O/c1-4-13(10(2)3)16-14(17)12-7-5-11(9-15)6-8-12/h5-8,10,13H,4H2,1-3H3,(H,16,17). The van der Waals surface area contributed by atoms with E-state index in [1.165, 1.54) is 0 Å². The molecule has 1 rings (SSSR count). The van der Waals surface area contributed by atoms with E-state index in [4.69, 9.17) is 5.26 Å². The second kappa shape index (κ2) is 6.05. The minimum Gasteiger partial charge on any atom is -0.349 e. The van der Waals surface area contributed by atoms with Crippen LogP contribution in [-0.4, -0.2) is 11.9 Å². The number of rotatable bonds is 4. The molecule has 0 spiro atoms. The molecule has 0 aliphatic carbocycles. The van der Waals surface area contributed by atoms with Crippen molar-refractivity contribution >= 4 is 5.91 Å². The number of benzene rings is 1. The van der Waals surface area contributed by atoms with Crippen LogP contribution in [0.2, 0.25) is 0 Å². The second-order valence-corrected chi connectivity index (χ2v) is 4.42. The Hall–Kier alpha value is -1.82. The maximum absolute atomic E-state index is 11.9. The van der Waals surface area contributed by atoms with Gasteiger partial charge in [-0.3, -0.25) is 4.79 Å². The molecule has 0 aliphatic heterocycles. The topological polar surface area (TPSA) is 52.9 Å². The first-order valence-electron chi connectivity index (χ1n) is 5.89. The van der Waals surface area contributed by atoms with Gasteiger partial charge in [0.25, 0.3) is 5.91 Å². The van der Waals surface area contributed by atoms with Crippen LogP contribution in [0.5, 0.6) is 0 Å². The molecule has 1 unspecified atom stereocenters. The number of carbonyl (C=O) groups excluding carboxylic acids is 1. The van der Waals surface area contributed by atoms with E-state index >= 15 is 0 Å². The summed E-state index contributed by atoms with van der Waals surface area (Å²) in [5.74, 6) is 0.345. The molecule has 0 radical (unpaired) electrons. The number of nitrogens with zero attached hydrogens (tertiary/aromatic N) is 1. The van der Waals surface area contributed by atoms with Crippen LogP contribution in [0.1, 0.15) is 43.1 Å². The average Bonchev–Trinajstić information content (AvgIpc) is 2.35. The number of hydrogen-bond acceptors (Lipinski definition) is 2. The Morgan fingerprint density at radius 1 is 1.35 bits per heavy atom. The van der Waals surface area contributed by atoms with Crippen LogP contribution in [0.4, 0.5) is 0 Å². The van der Waals surface area contributed by atoms with Crippen LogP contribution in [0.15, 0.2) is 24.3 Å². The van der Waals surface area contributed by atoms with Gasteiger partial charge in [-0.2, -0.15) is 5.26 Å². The molecule has 90 valence electrons. The van der Waals surface area contributed by atoms with Gasteiger partial charge < -0.3 is 5.32 Å². The van der Waals surface area contributed by atoms with Gasteiger partial charge in [0.15, 0.2) is 0 Å². The first-order valence-corrected chi connectivity index (χ1v) is 5.89. The Balaban J connectivity index is 2.73. The van der Waals surface area contributed by atoms with Crippen LogP contribution in [0.3, 0.4) is 0 Å². The predicted octanol–water partition coefficient (Wildman–Crippen LogP) is 2.72. The van der Waals surface area contributed by atoms with Gasteiger partial charge in [-0.05, 0) is 36.6 Å². The summed E-state index contributed by atoms with van der Waals surface area (Å²) in [4.78, 5) is 11.9. The summed E-state index contributed by atoms with van der Waals surface area (Å²) >= 11 is 0. The van der Waals surface area contributed by atoms with Gasteiger partial charge in [0.2, 0.25) is 0 Å². The van der Waals surface area contributed by atoms with Gasteiger partial charge in [0, 0.05) is 11.6 Å². The molecule has 1 aromatic carbocycles. The minimum absolute atomic E-state index is 0.0740.